The normalized spacial score (nSPS) is 10.4. The summed E-state index contributed by atoms with van der Waals surface area (Å²) in [5.41, 5.74) is 10.7. The average Bonchev–Trinajstić information content (AvgIpc) is 2.95. The topological polar surface area (TPSA) is 43.8 Å². The number of aryl methyl sites for hydroxylation is 1. The lowest BCUT2D eigenvalue weighted by Crippen LogP contribution is -1.99. The van der Waals surface area contributed by atoms with Gasteiger partial charge in [-0.2, -0.15) is 0 Å². The lowest BCUT2D eigenvalue weighted by molar-refractivity contribution is 0.627. The molecule has 2 heterocycles. The van der Waals surface area contributed by atoms with Crippen LogP contribution in [0.4, 0.5) is 9.52 Å². The molecule has 0 unspecified atom stereocenters. The van der Waals surface area contributed by atoms with Gasteiger partial charge in [-0.3, -0.25) is 0 Å². The molecule has 0 spiro atoms. The van der Waals surface area contributed by atoms with Crippen LogP contribution in [0.2, 0.25) is 0 Å². The Morgan fingerprint density at radius 3 is 2.43 bits per heavy atom. The molecular weight excluding hydrogens is 309 g/mol. The van der Waals surface area contributed by atoms with E-state index in [0.717, 1.165) is 28.3 Å². The highest BCUT2D eigenvalue weighted by Gasteiger charge is 2.14. The molecule has 3 rings (SSSR count). The molecule has 3 aromatic rings. The molecule has 0 aliphatic rings. The molecule has 0 saturated heterocycles. The van der Waals surface area contributed by atoms with E-state index in [4.69, 9.17) is 5.73 Å². The minimum absolute atomic E-state index is 0. The van der Waals surface area contributed by atoms with E-state index in [1.165, 1.54) is 23.5 Å². The lowest BCUT2D eigenvalue weighted by atomic mass is 10.2. The van der Waals surface area contributed by atoms with Gasteiger partial charge in [0.15, 0.2) is 5.13 Å². The van der Waals surface area contributed by atoms with Gasteiger partial charge >= 0.3 is 0 Å². The Bertz CT molecular complexity index is 762. The standard InChI is InChI=1S/C15H14FN3S.ClH/c1-9-7-13(14-8-20-15(17)18-14)10(2)19(9)12-5-3-11(16)4-6-12;/h3-8H,1-2H3,(H2,17,18);1H. The summed E-state index contributed by atoms with van der Waals surface area (Å²) in [6, 6.07) is 8.56. The van der Waals surface area contributed by atoms with Crippen molar-refractivity contribution in [2.45, 2.75) is 13.8 Å². The molecule has 1 aromatic carbocycles. The number of rotatable bonds is 2. The van der Waals surface area contributed by atoms with E-state index in [2.05, 4.69) is 15.6 Å². The monoisotopic (exact) mass is 323 g/mol. The zero-order valence-corrected chi connectivity index (χ0v) is 13.3. The number of nitrogen functional groups attached to an aromatic ring is 1. The molecule has 3 nitrogen and oxygen atoms in total. The van der Waals surface area contributed by atoms with Crippen LogP contribution >= 0.6 is 23.7 Å². The maximum atomic E-state index is 13.0. The number of nitrogens with two attached hydrogens (primary N) is 1. The van der Waals surface area contributed by atoms with Crippen LogP contribution in [0.15, 0.2) is 35.7 Å². The Hall–Kier alpha value is -1.85. The van der Waals surface area contributed by atoms with Crippen molar-refractivity contribution in [3.8, 4) is 16.9 Å². The smallest absolute Gasteiger partial charge is 0.180 e. The number of nitrogens with zero attached hydrogens (tertiary/aromatic N) is 2. The van der Waals surface area contributed by atoms with Gasteiger partial charge in [-0.25, -0.2) is 9.37 Å². The first-order valence-corrected chi connectivity index (χ1v) is 7.10. The molecule has 2 N–H and O–H groups in total. The van der Waals surface area contributed by atoms with E-state index < -0.39 is 0 Å². The third-order valence-electron chi connectivity index (χ3n) is 3.31. The first-order valence-electron chi connectivity index (χ1n) is 6.22. The van der Waals surface area contributed by atoms with Crippen LogP contribution in [0.3, 0.4) is 0 Å². The number of hydrogen-bond donors (Lipinski definition) is 1. The van der Waals surface area contributed by atoms with Crippen molar-refractivity contribution < 1.29 is 4.39 Å². The van der Waals surface area contributed by atoms with Crippen LogP contribution in [0.25, 0.3) is 16.9 Å². The molecule has 0 aliphatic carbocycles. The zero-order valence-electron chi connectivity index (χ0n) is 11.6. The Balaban J connectivity index is 0.00000161. The van der Waals surface area contributed by atoms with Gasteiger partial charge in [0.2, 0.25) is 0 Å². The van der Waals surface area contributed by atoms with Crippen molar-refractivity contribution in [3.05, 3.63) is 52.9 Å². The Morgan fingerprint density at radius 2 is 1.86 bits per heavy atom. The van der Waals surface area contributed by atoms with Crippen LogP contribution in [0.5, 0.6) is 0 Å². The van der Waals surface area contributed by atoms with E-state index in [0.29, 0.717) is 5.13 Å². The van der Waals surface area contributed by atoms with Crippen LogP contribution in [0.1, 0.15) is 11.4 Å². The number of anilines is 1. The van der Waals surface area contributed by atoms with Gasteiger partial charge in [0.05, 0.1) is 5.69 Å². The van der Waals surface area contributed by atoms with Gasteiger partial charge < -0.3 is 10.3 Å². The van der Waals surface area contributed by atoms with Crippen molar-refractivity contribution in [1.29, 1.82) is 0 Å². The number of thiazole rings is 1. The summed E-state index contributed by atoms with van der Waals surface area (Å²) in [4.78, 5) is 4.33. The molecule has 21 heavy (non-hydrogen) atoms. The second-order valence-corrected chi connectivity index (χ2v) is 5.56. The maximum absolute atomic E-state index is 13.0. The molecular formula is C15H15ClFN3S. The van der Waals surface area contributed by atoms with E-state index in [9.17, 15) is 4.39 Å². The average molecular weight is 324 g/mol. The minimum atomic E-state index is -0.233. The third kappa shape index (κ3) is 2.80. The first-order chi connectivity index (χ1) is 9.56. The largest absolute Gasteiger partial charge is 0.375 e. The second kappa shape index (κ2) is 5.87. The van der Waals surface area contributed by atoms with Gasteiger partial charge in [0.1, 0.15) is 5.82 Å². The molecule has 0 amide bonds. The second-order valence-electron chi connectivity index (χ2n) is 4.67. The molecule has 2 aromatic heterocycles. The summed E-state index contributed by atoms with van der Waals surface area (Å²) in [6.45, 7) is 4.05. The highest BCUT2D eigenvalue weighted by atomic mass is 35.5. The predicted molar refractivity (Wildman–Crippen MR) is 88.0 cm³/mol. The van der Waals surface area contributed by atoms with Crippen molar-refractivity contribution in [2.24, 2.45) is 0 Å². The van der Waals surface area contributed by atoms with E-state index in [1.54, 1.807) is 12.1 Å². The van der Waals surface area contributed by atoms with Crippen molar-refractivity contribution in [1.82, 2.24) is 9.55 Å². The molecule has 0 bridgehead atoms. The SMILES string of the molecule is Cc1cc(-c2csc(N)n2)c(C)n1-c1ccc(F)cc1.Cl. The molecule has 0 fully saturated rings. The quantitative estimate of drug-likeness (QED) is 0.761. The molecule has 0 saturated carbocycles. The number of benzene rings is 1. The Morgan fingerprint density at radius 1 is 1.19 bits per heavy atom. The third-order valence-corrected chi connectivity index (χ3v) is 3.99. The van der Waals surface area contributed by atoms with E-state index in [-0.39, 0.29) is 18.2 Å². The Labute approximate surface area is 132 Å². The van der Waals surface area contributed by atoms with Crippen LogP contribution in [-0.4, -0.2) is 9.55 Å². The van der Waals surface area contributed by atoms with E-state index in [1.807, 2.05) is 19.2 Å². The summed E-state index contributed by atoms with van der Waals surface area (Å²) in [7, 11) is 0. The van der Waals surface area contributed by atoms with Crippen LogP contribution in [-0.2, 0) is 0 Å². The highest BCUT2D eigenvalue weighted by molar-refractivity contribution is 7.13. The molecule has 0 aliphatic heterocycles. The highest BCUT2D eigenvalue weighted by Crippen LogP contribution is 2.30. The number of aromatic nitrogens is 2. The summed E-state index contributed by atoms with van der Waals surface area (Å²) < 4.78 is 15.1. The van der Waals surface area contributed by atoms with Gasteiger partial charge in [-0.1, -0.05) is 0 Å². The van der Waals surface area contributed by atoms with Gasteiger partial charge in [0.25, 0.3) is 0 Å². The summed E-state index contributed by atoms with van der Waals surface area (Å²) >= 11 is 1.43. The zero-order chi connectivity index (χ0) is 14.3. The Kier molecular flexibility index (Phi) is 4.34. The van der Waals surface area contributed by atoms with Crippen molar-refractivity contribution in [3.63, 3.8) is 0 Å². The molecule has 110 valence electrons. The molecule has 6 heteroatoms. The van der Waals surface area contributed by atoms with Gasteiger partial charge in [-0.05, 0) is 44.2 Å². The molecule has 0 atom stereocenters. The number of hydrogen-bond acceptors (Lipinski definition) is 3. The summed E-state index contributed by atoms with van der Waals surface area (Å²) in [5.74, 6) is -0.233. The fourth-order valence-corrected chi connectivity index (χ4v) is 2.98. The summed E-state index contributed by atoms with van der Waals surface area (Å²) in [6.07, 6.45) is 0. The van der Waals surface area contributed by atoms with Crippen molar-refractivity contribution in [2.75, 3.05) is 5.73 Å². The minimum Gasteiger partial charge on any atom is -0.375 e. The van der Waals surface area contributed by atoms with E-state index >= 15 is 0 Å². The maximum Gasteiger partial charge on any atom is 0.180 e. The van der Waals surface area contributed by atoms with Gasteiger partial charge in [-0.15, -0.1) is 23.7 Å². The lowest BCUT2D eigenvalue weighted by Gasteiger charge is -2.09. The molecule has 0 radical (unpaired) electrons. The fraction of sp³-hybridized carbons (Fsp3) is 0.133. The van der Waals surface area contributed by atoms with Crippen molar-refractivity contribution >= 4 is 28.9 Å². The van der Waals surface area contributed by atoms with Crippen LogP contribution in [0, 0.1) is 19.7 Å². The first kappa shape index (κ1) is 15.5. The predicted octanol–water partition coefficient (Wildman–Crippen LogP) is 4.36. The number of halogens is 2. The fourth-order valence-electron chi connectivity index (χ4n) is 2.42. The van der Waals surface area contributed by atoms with Gasteiger partial charge in [0, 0.05) is 28.0 Å². The summed E-state index contributed by atoms with van der Waals surface area (Å²) in [5, 5.41) is 2.51. The van der Waals surface area contributed by atoms with Crippen LogP contribution < -0.4 is 5.73 Å².